The third-order valence-electron chi connectivity index (χ3n) is 3.82. The fourth-order valence-electron chi connectivity index (χ4n) is 2.43. The zero-order valence-electron chi connectivity index (χ0n) is 16.1. The maximum atomic E-state index is 10.7. The summed E-state index contributed by atoms with van der Waals surface area (Å²) in [7, 11) is 0. The SMILES string of the molecule is Br.CCO.Cc1csc(=Nc2ccccc2)n1CC(O)c1ccc([N+](=O)[O-])cc1. The van der Waals surface area contributed by atoms with Crippen molar-refractivity contribution in [1.82, 2.24) is 4.57 Å². The molecular weight excluding hydrogens is 458 g/mol. The molecule has 1 aromatic heterocycles. The normalized spacial score (nSPS) is 11.8. The van der Waals surface area contributed by atoms with Gasteiger partial charge in [-0.1, -0.05) is 18.2 Å². The van der Waals surface area contributed by atoms with E-state index >= 15 is 0 Å². The Labute approximate surface area is 183 Å². The topological polar surface area (TPSA) is 101 Å². The third kappa shape index (κ3) is 7.21. The van der Waals surface area contributed by atoms with Crippen molar-refractivity contribution < 1.29 is 15.1 Å². The predicted molar refractivity (Wildman–Crippen MR) is 120 cm³/mol. The molecule has 1 atom stereocenters. The monoisotopic (exact) mass is 481 g/mol. The largest absolute Gasteiger partial charge is 0.397 e. The quantitative estimate of drug-likeness (QED) is 0.418. The van der Waals surface area contributed by atoms with Gasteiger partial charge in [0.2, 0.25) is 0 Å². The van der Waals surface area contributed by atoms with Crippen LogP contribution in [0.3, 0.4) is 0 Å². The van der Waals surface area contributed by atoms with E-state index in [0.717, 1.165) is 16.2 Å². The highest BCUT2D eigenvalue weighted by atomic mass is 79.9. The number of aryl methyl sites for hydroxylation is 1. The summed E-state index contributed by atoms with van der Waals surface area (Å²) < 4.78 is 1.95. The zero-order valence-corrected chi connectivity index (χ0v) is 18.7. The number of nitro groups is 1. The Kier molecular flexibility index (Phi) is 10.5. The van der Waals surface area contributed by atoms with E-state index in [0.29, 0.717) is 12.1 Å². The molecule has 0 saturated carbocycles. The number of nitrogens with zero attached hydrogens (tertiary/aromatic N) is 3. The molecule has 3 aromatic rings. The highest BCUT2D eigenvalue weighted by molar-refractivity contribution is 8.93. The third-order valence-corrected chi connectivity index (χ3v) is 4.80. The van der Waals surface area contributed by atoms with E-state index in [1.165, 1.54) is 23.5 Å². The smallest absolute Gasteiger partial charge is 0.269 e. The number of hydrogen-bond donors (Lipinski definition) is 2. The van der Waals surface area contributed by atoms with Gasteiger partial charge in [-0.2, -0.15) is 0 Å². The summed E-state index contributed by atoms with van der Waals surface area (Å²) in [6.45, 7) is 4.22. The number of halogens is 1. The highest BCUT2D eigenvalue weighted by Gasteiger charge is 2.13. The molecule has 3 rings (SSSR count). The highest BCUT2D eigenvalue weighted by Crippen LogP contribution is 2.20. The minimum atomic E-state index is -0.774. The molecule has 7 nitrogen and oxygen atoms in total. The molecular formula is C20H24BrN3O4S. The molecule has 0 radical (unpaired) electrons. The molecule has 0 aliphatic carbocycles. The molecule has 0 amide bonds. The second-order valence-electron chi connectivity index (χ2n) is 5.90. The van der Waals surface area contributed by atoms with Gasteiger partial charge in [0.25, 0.3) is 5.69 Å². The number of aliphatic hydroxyl groups is 2. The maximum absolute atomic E-state index is 10.7. The van der Waals surface area contributed by atoms with Gasteiger partial charge >= 0.3 is 0 Å². The summed E-state index contributed by atoms with van der Waals surface area (Å²) in [6.07, 6.45) is -0.774. The molecule has 1 unspecified atom stereocenters. The molecule has 29 heavy (non-hydrogen) atoms. The van der Waals surface area contributed by atoms with Crippen molar-refractivity contribution in [2.24, 2.45) is 4.99 Å². The number of benzene rings is 2. The molecule has 1 heterocycles. The Morgan fingerprint density at radius 3 is 2.31 bits per heavy atom. The number of non-ortho nitro benzene ring substituents is 1. The number of aromatic nitrogens is 1. The van der Waals surface area contributed by atoms with E-state index in [4.69, 9.17) is 5.11 Å². The van der Waals surface area contributed by atoms with Crippen LogP contribution >= 0.6 is 28.3 Å². The van der Waals surface area contributed by atoms with Crippen molar-refractivity contribution in [3.63, 3.8) is 0 Å². The summed E-state index contributed by atoms with van der Waals surface area (Å²) in [5.74, 6) is 0. The summed E-state index contributed by atoms with van der Waals surface area (Å²) >= 11 is 1.51. The van der Waals surface area contributed by atoms with Crippen molar-refractivity contribution in [2.45, 2.75) is 26.5 Å². The van der Waals surface area contributed by atoms with E-state index in [-0.39, 0.29) is 29.3 Å². The second kappa shape index (κ2) is 12.3. The number of rotatable bonds is 5. The Morgan fingerprint density at radius 2 is 1.76 bits per heavy atom. The van der Waals surface area contributed by atoms with Gasteiger partial charge in [0.15, 0.2) is 4.80 Å². The minimum Gasteiger partial charge on any atom is -0.397 e. The minimum absolute atomic E-state index is 0. The molecule has 0 aliphatic heterocycles. The molecule has 2 aromatic carbocycles. The van der Waals surface area contributed by atoms with Crippen LogP contribution in [0.1, 0.15) is 24.3 Å². The lowest BCUT2D eigenvalue weighted by Crippen LogP contribution is -2.20. The molecule has 0 fully saturated rings. The summed E-state index contributed by atoms with van der Waals surface area (Å²) in [6, 6.07) is 15.6. The first kappa shape index (κ1) is 24.7. The average Bonchev–Trinajstić information content (AvgIpc) is 3.03. The van der Waals surface area contributed by atoms with Crippen molar-refractivity contribution in [1.29, 1.82) is 0 Å². The Morgan fingerprint density at radius 1 is 1.17 bits per heavy atom. The van der Waals surface area contributed by atoms with E-state index in [2.05, 4.69) is 4.99 Å². The fourth-order valence-corrected chi connectivity index (χ4v) is 3.34. The van der Waals surface area contributed by atoms with Gasteiger partial charge in [0, 0.05) is 29.8 Å². The van der Waals surface area contributed by atoms with Crippen LogP contribution in [-0.2, 0) is 6.54 Å². The van der Waals surface area contributed by atoms with Crippen LogP contribution < -0.4 is 4.80 Å². The summed E-state index contributed by atoms with van der Waals surface area (Å²) in [5.41, 5.74) is 2.49. The number of hydrogen-bond acceptors (Lipinski definition) is 6. The van der Waals surface area contributed by atoms with Crippen LogP contribution in [0, 0.1) is 17.0 Å². The Balaban J connectivity index is 0.000000990. The Hall–Kier alpha value is -2.33. The molecule has 0 aliphatic rings. The van der Waals surface area contributed by atoms with Crippen LogP contribution in [-0.4, -0.2) is 26.3 Å². The number of aliphatic hydroxyl groups excluding tert-OH is 2. The predicted octanol–water partition coefficient (Wildman–Crippen LogP) is 4.31. The van der Waals surface area contributed by atoms with E-state index < -0.39 is 11.0 Å². The van der Waals surface area contributed by atoms with Crippen molar-refractivity contribution in [3.05, 3.63) is 86.2 Å². The number of para-hydroxylation sites is 1. The molecule has 9 heteroatoms. The van der Waals surface area contributed by atoms with Gasteiger partial charge < -0.3 is 14.8 Å². The standard InChI is InChI=1S/C18H17N3O3S.C2H6O.BrH/c1-13-12-25-18(19-15-5-3-2-4-6-15)20(13)11-17(22)14-7-9-16(10-8-14)21(23)24;1-2-3;/h2-10,12,17,22H,11H2,1H3;3H,2H2,1H3;1H. The lowest BCUT2D eigenvalue weighted by molar-refractivity contribution is -0.384. The first-order valence-electron chi connectivity index (χ1n) is 8.74. The number of nitro benzene ring substituents is 1. The second-order valence-corrected chi connectivity index (χ2v) is 6.73. The van der Waals surface area contributed by atoms with Crippen LogP contribution in [0.5, 0.6) is 0 Å². The van der Waals surface area contributed by atoms with Crippen LogP contribution in [0.4, 0.5) is 11.4 Å². The summed E-state index contributed by atoms with van der Waals surface area (Å²) in [4.78, 5) is 15.7. The molecule has 0 spiro atoms. The molecule has 0 saturated heterocycles. The zero-order chi connectivity index (χ0) is 20.5. The molecule has 2 N–H and O–H groups in total. The van der Waals surface area contributed by atoms with Gasteiger partial charge in [0.05, 0.1) is 23.3 Å². The van der Waals surface area contributed by atoms with Crippen LogP contribution in [0.2, 0.25) is 0 Å². The molecule has 156 valence electrons. The summed E-state index contributed by atoms with van der Waals surface area (Å²) in [5, 5.41) is 30.8. The van der Waals surface area contributed by atoms with Crippen molar-refractivity contribution in [3.8, 4) is 0 Å². The average molecular weight is 482 g/mol. The van der Waals surface area contributed by atoms with E-state index in [9.17, 15) is 15.2 Å². The van der Waals surface area contributed by atoms with Crippen LogP contribution in [0.25, 0.3) is 0 Å². The lowest BCUT2D eigenvalue weighted by atomic mass is 10.1. The van der Waals surface area contributed by atoms with Gasteiger partial charge in [-0.05, 0) is 43.7 Å². The van der Waals surface area contributed by atoms with Gasteiger partial charge in [0.1, 0.15) is 0 Å². The van der Waals surface area contributed by atoms with Gasteiger partial charge in [-0.25, -0.2) is 4.99 Å². The Bertz CT molecular complexity index is 956. The van der Waals surface area contributed by atoms with E-state index in [1.54, 1.807) is 19.1 Å². The lowest BCUT2D eigenvalue weighted by Gasteiger charge is -2.13. The first-order valence-corrected chi connectivity index (χ1v) is 9.62. The van der Waals surface area contributed by atoms with E-state index in [1.807, 2.05) is 47.2 Å². The van der Waals surface area contributed by atoms with Crippen molar-refractivity contribution >= 4 is 39.7 Å². The number of thiazole rings is 1. The van der Waals surface area contributed by atoms with Gasteiger partial charge in [-0.3, -0.25) is 10.1 Å². The fraction of sp³-hybridized carbons (Fsp3) is 0.250. The first-order chi connectivity index (χ1) is 13.5. The maximum Gasteiger partial charge on any atom is 0.269 e. The molecule has 0 bridgehead atoms. The van der Waals surface area contributed by atoms with Crippen LogP contribution in [0.15, 0.2) is 65.0 Å². The van der Waals surface area contributed by atoms with Crippen molar-refractivity contribution in [2.75, 3.05) is 6.61 Å². The van der Waals surface area contributed by atoms with Gasteiger partial charge in [-0.15, -0.1) is 28.3 Å².